The fraction of sp³-hybridized carbons (Fsp3) is 0.214. The van der Waals surface area contributed by atoms with Crippen molar-refractivity contribution in [1.82, 2.24) is 4.98 Å². The number of amides is 1. The Morgan fingerprint density at radius 1 is 0.939 bits per heavy atom. The molecule has 0 radical (unpaired) electrons. The van der Waals surface area contributed by atoms with Crippen LogP contribution >= 0.6 is 0 Å². The Morgan fingerprint density at radius 3 is 2.45 bits per heavy atom. The van der Waals surface area contributed by atoms with Crippen LogP contribution in [0.15, 0.2) is 66.7 Å². The van der Waals surface area contributed by atoms with Gasteiger partial charge in [0.15, 0.2) is 0 Å². The molecule has 0 unspecified atom stereocenters. The Morgan fingerprint density at radius 2 is 1.73 bits per heavy atom. The summed E-state index contributed by atoms with van der Waals surface area (Å²) in [5.41, 5.74) is 5.76. The van der Waals surface area contributed by atoms with Crippen LogP contribution in [-0.4, -0.2) is 25.1 Å². The smallest absolute Gasteiger partial charge is 0.256 e. The maximum absolute atomic E-state index is 13.6. The van der Waals surface area contributed by atoms with Crippen molar-refractivity contribution in [2.45, 2.75) is 26.7 Å². The minimum absolute atomic E-state index is 0.168. The zero-order chi connectivity index (χ0) is 23.5. The first kappa shape index (κ1) is 22.3. The van der Waals surface area contributed by atoms with Gasteiger partial charge >= 0.3 is 0 Å². The predicted octanol–water partition coefficient (Wildman–Crippen LogP) is 6.60. The summed E-state index contributed by atoms with van der Waals surface area (Å²) in [6, 6.07) is 21.2. The molecule has 0 aliphatic rings. The molecule has 0 spiro atoms. The second kappa shape index (κ2) is 9.33. The Balaban J connectivity index is 1.85. The molecular formula is C28H28N2O3. The van der Waals surface area contributed by atoms with E-state index in [1.165, 1.54) is 0 Å². The van der Waals surface area contributed by atoms with Crippen LogP contribution in [0.3, 0.4) is 0 Å². The van der Waals surface area contributed by atoms with Gasteiger partial charge in [0.05, 0.1) is 31.0 Å². The second-order valence-electron chi connectivity index (χ2n) is 8.29. The topological polar surface area (TPSA) is 60.5 Å². The van der Waals surface area contributed by atoms with E-state index in [0.29, 0.717) is 22.8 Å². The van der Waals surface area contributed by atoms with E-state index in [1.807, 2.05) is 67.6 Å². The number of ether oxygens (including phenoxy) is 2. The summed E-state index contributed by atoms with van der Waals surface area (Å²) in [6.07, 6.45) is 0. The highest BCUT2D eigenvalue weighted by atomic mass is 16.5. The molecule has 1 heterocycles. The van der Waals surface area contributed by atoms with E-state index < -0.39 is 0 Å². The third kappa shape index (κ3) is 4.40. The van der Waals surface area contributed by atoms with Crippen LogP contribution < -0.4 is 14.8 Å². The fourth-order valence-corrected chi connectivity index (χ4v) is 4.03. The summed E-state index contributed by atoms with van der Waals surface area (Å²) in [7, 11) is 3.22. The molecule has 0 atom stereocenters. The Bertz CT molecular complexity index is 1330. The van der Waals surface area contributed by atoms with Crippen molar-refractivity contribution >= 4 is 22.5 Å². The van der Waals surface area contributed by atoms with Crippen LogP contribution in [0.2, 0.25) is 0 Å². The van der Waals surface area contributed by atoms with Gasteiger partial charge in [0, 0.05) is 22.7 Å². The zero-order valence-electron chi connectivity index (χ0n) is 19.6. The molecule has 4 aromatic rings. The number of anilines is 1. The molecule has 0 saturated carbocycles. The maximum Gasteiger partial charge on any atom is 0.256 e. The second-order valence-corrected chi connectivity index (χ2v) is 8.29. The van der Waals surface area contributed by atoms with Crippen molar-refractivity contribution in [1.29, 1.82) is 0 Å². The largest absolute Gasteiger partial charge is 0.497 e. The molecule has 0 aliphatic carbocycles. The fourth-order valence-electron chi connectivity index (χ4n) is 4.03. The van der Waals surface area contributed by atoms with Gasteiger partial charge in [-0.1, -0.05) is 50.2 Å². The van der Waals surface area contributed by atoms with Gasteiger partial charge in [-0.05, 0) is 48.2 Å². The van der Waals surface area contributed by atoms with E-state index in [4.69, 9.17) is 14.5 Å². The summed E-state index contributed by atoms with van der Waals surface area (Å²) in [5.74, 6) is 1.44. The quantitative estimate of drug-likeness (QED) is 0.367. The van der Waals surface area contributed by atoms with Crippen LogP contribution in [0.5, 0.6) is 11.5 Å². The highest BCUT2D eigenvalue weighted by molar-refractivity contribution is 6.13. The maximum atomic E-state index is 13.6. The molecule has 33 heavy (non-hydrogen) atoms. The van der Waals surface area contributed by atoms with Crippen LogP contribution in [0, 0.1) is 6.92 Å². The average Bonchev–Trinajstić information content (AvgIpc) is 2.83. The third-order valence-corrected chi connectivity index (χ3v) is 5.81. The molecule has 1 aromatic heterocycles. The van der Waals surface area contributed by atoms with Gasteiger partial charge in [-0.15, -0.1) is 0 Å². The van der Waals surface area contributed by atoms with Crippen molar-refractivity contribution in [3.05, 3.63) is 83.4 Å². The molecule has 0 bridgehead atoms. The molecule has 1 N–H and O–H groups in total. The Hall–Kier alpha value is -3.86. The molecule has 5 nitrogen and oxygen atoms in total. The minimum atomic E-state index is -0.168. The number of nitrogens with one attached hydrogen (secondary N) is 1. The molecule has 168 valence electrons. The number of hydrogen-bond acceptors (Lipinski definition) is 4. The van der Waals surface area contributed by atoms with Gasteiger partial charge in [-0.2, -0.15) is 0 Å². The molecule has 3 aromatic carbocycles. The Kier molecular flexibility index (Phi) is 6.31. The lowest BCUT2D eigenvalue weighted by molar-refractivity contribution is 0.102. The summed E-state index contributed by atoms with van der Waals surface area (Å²) in [4.78, 5) is 18.4. The van der Waals surface area contributed by atoms with Crippen molar-refractivity contribution in [3.8, 4) is 22.8 Å². The lowest BCUT2D eigenvalue weighted by atomic mass is 9.97. The summed E-state index contributed by atoms with van der Waals surface area (Å²) in [6.45, 7) is 6.26. The molecule has 1 amide bonds. The van der Waals surface area contributed by atoms with E-state index in [9.17, 15) is 4.79 Å². The van der Waals surface area contributed by atoms with Crippen LogP contribution in [0.1, 0.15) is 41.3 Å². The van der Waals surface area contributed by atoms with E-state index >= 15 is 0 Å². The van der Waals surface area contributed by atoms with Crippen molar-refractivity contribution < 1.29 is 14.3 Å². The van der Waals surface area contributed by atoms with E-state index in [2.05, 4.69) is 25.2 Å². The van der Waals surface area contributed by atoms with Gasteiger partial charge in [0.2, 0.25) is 0 Å². The van der Waals surface area contributed by atoms with Crippen molar-refractivity contribution in [3.63, 3.8) is 0 Å². The summed E-state index contributed by atoms with van der Waals surface area (Å²) < 4.78 is 10.9. The number of fused-ring (bicyclic) bond motifs is 1. The van der Waals surface area contributed by atoms with Crippen LogP contribution in [0.25, 0.3) is 22.2 Å². The molecule has 0 fully saturated rings. The number of benzene rings is 3. The predicted molar refractivity (Wildman–Crippen MR) is 134 cm³/mol. The number of carbonyl (C=O) groups is 1. The van der Waals surface area contributed by atoms with E-state index in [1.54, 1.807) is 14.2 Å². The molecule has 0 saturated heterocycles. The third-order valence-electron chi connectivity index (χ3n) is 5.81. The summed E-state index contributed by atoms with van der Waals surface area (Å²) in [5, 5.41) is 3.97. The highest BCUT2D eigenvalue weighted by Crippen LogP contribution is 2.35. The standard InChI is InChI=1S/C28H28N2O3/c1-17(2)20-11-8-9-18(3)27(20)30-28(31)23-16-25(29-24-12-7-6-10-21(23)24)22-14-13-19(32-4)15-26(22)33-5/h6-17H,1-5H3,(H,30,31). The number of para-hydroxylation sites is 2. The number of methoxy groups -OCH3 is 2. The van der Waals surface area contributed by atoms with Crippen molar-refractivity contribution in [2.75, 3.05) is 19.5 Å². The van der Waals surface area contributed by atoms with Gasteiger partial charge in [-0.25, -0.2) is 4.98 Å². The van der Waals surface area contributed by atoms with Gasteiger partial charge in [0.25, 0.3) is 5.91 Å². The monoisotopic (exact) mass is 440 g/mol. The number of pyridine rings is 1. The average molecular weight is 441 g/mol. The first-order chi connectivity index (χ1) is 15.9. The first-order valence-corrected chi connectivity index (χ1v) is 11.0. The number of aromatic nitrogens is 1. The normalized spacial score (nSPS) is 11.0. The highest BCUT2D eigenvalue weighted by Gasteiger charge is 2.19. The summed E-state index contributed by atoms with van der Waals surface area (Å²) >= 11 is 0. The van der Waals surface area contributed by atoms with Gasteiger partial charge in [-0.3, -0.25) is 4.79 Å². The number of nitrogens with zero attached hydrogens (tertiary/aromatic N) is 1. The Labute approximate surface area is 194 Å². The minimum Gasteiger partial charge on any atom is -0.497 e. The molecular weight excluding hydrogens is 412 g/mol. The lowest BCUT2D eigenvalue weighted by Crippen LogP contribution is -2.16. The van der Waals surface area contributed by atoms with E-state index in [0.717, 1.165) is 33.3 Å². The van der Waals surface area contributed by atoms with Crippen molar-refractivity contribution in [2.24, 2.45) is 0 Å². The van der Waals surface area contributed by atoms with Gasteiger partial charge in [0.1, 0.15) is 11.5 Å². The van der Waals surface area contributed by atoms with Crippen LogP contribution in [-0.2, 0) is 0 Å². The number of carbonyl (C=O) groups excluding carboxylic acids is 1. The first-order valence-electron chi connectivity index (χ1n) is 11.0. The molecule has 5 heteroatoms. The molecule has 0 aliphatic heterocycles. The van der Waals surface area contributed by atoms with E-state index in [-0.39, 0.29) is 11.8 Å². The zero-order valence-corrected chi connectivity index (χ0v) is 19.6. The number of rotatable bonds is 6. The van der Waals surface area contributed by atoms with Crippen LogP contribution in [0.4, 0.5) is 5.69 Å². The van der Waals surface area contributed by atoms with Gasteiger partial charge < -0.3 is 14.8 Å². The number of aryl methyl sites for hydroxylation is 1. The SMILES string of the molecule is COc1ccc(-c2cc(C(=O)Nc3c(C)cccc3C(C)C)c3ccccc3n2)c(OC)c1. The molecule has 4 rings (SSSR count). The lowest BCUT2D eigenvalue weighted by Gasteiger charge is -2.18. The number of hydrogen-bond donors (Lipinski definition) is 1.